The SMILES string of the molecule is O=C(/C=C/c1cccc(-n2c(-c3ccccc3)cc3c2CCc2ccccc2-3)c1)OC1CCC1. The van der Waals surface area contributed by atoms with Gasteiger partial charge >= 0.3 is 5.97 Å². The van der Waals surface area contributed by atoms with Crippen LogP contribution in [0.15, 0.2) is 91.0 Å². The molecule has 6 rings (SSSR count). The van der Waals surface area contributed by atoms with Gasteiger partial charge in [0.15, 0.2) is 0 Å². The first-order chi connectivity index (χ1) is 16.8. The van der Waals surface area contributed by atoms with E-state index in [9.17, 15) is 4.79 Å². The molecule has 0 amide bonds. The van der Waals surface area contributed by atoms with Gasteiger partial charge in [0.05, 0.1) is 5.69 Å². The van der Waals surface area contributed by atoms with Gasteiger partial charge in [0.25, 0.3) is 0 Å². The smallest absolute Gasteiger partial charge is 0.331 e. The molecule has 1 heterocycles. The summed E-state index contributed by atoms with van der Waals surface area (Å²) < 4.78 is 7.86. The molecule has 1 fully saturated rings. The Kier molecular flexibility index (Phi) is 5.38. The lowest BCUT2D eigenvalue weighted by atomic mass is 9.90. The molecule has 0 bridgehead atoms. The first-order valence-electron chi connectivity index (χ1n) is 12.1. The Morgan fingerprint density at radius 3 is 2.50 bits per heavy atom. The second-order valence-corrected chi connectivity index (χ2v) is 9.17. The van der Waals surface area contributed by atoms with E-state index in [4.69, 9.17) is 4.74 Å². The van der Waals surface area contributed by atoms with E-state index in [0.717, 1.165) is 43.4 Å². The van der Waals surface area contributed by atoms with Gasteiger partial charge in [-0.15, -0.1) is 0 Å². The largest absolute Gasteiger partial charge is 0.459 e. The maximum Gasteiger partial charge on any atom is 0.331 e. The van der Waals surface area contributed by atoms with Crippen LogP contribution in [0.4, 0.5) is 0 Å². The quantitative estimate of drug-likeness (QED) is 0.244. The van der Waals surface area contributed by atoms with Crippen molar-refractivity contribution in [1.82, 2.24) is 4.57 Å². The molecule has 0 radical (unpaired) electrons. The summed E-state index contributed by atoms with van der Waals surface area (Å²) in [5.74, 6) is -0.255. The summed E-state index contributed by atoms with van der Waals surface area (Å²) in [5, 5.41) is 0. The summed E-state index contributed by atoms with van der Waals surface area (Å²) in [7, 11) is 0. The van der Waals surface area contributed by atoms with E-state index in [1.165, 1.54) is 33.6 Å². The number of aromatic nitrogens is 1. The van der Waals surface area contributed by atoms with E-state index < -0.39 is 0 Å². The van der Waals surface area contributed by atoms with Crippen LogP contribution in [0.2, 0.25) is 0 Å². The molecule has 3 heteroatoms. The molecule has 2 aliphatic carbocycles. The maximum absolute atomic E-state index is 12.2. The van der Waals surface area contributed by atoms with Crippen LogP contribution in [-0.4, -0.2) is 16.6 Å². The first kappa shape index (κ1) is 20.7. The molecule has 168 valence electrons. The predicted octanol–water partition coefficient (Wildman–Crippen LogP) is 7.02. The molecule has 3 aromatic carbocycles. The molecule has 1 saturated carbocycles. The number of hydrogen-bond donors (Lipinski definition) is 0. The highest BCUT2D eigenvalue weighted by atomic mass is 16.5. The minimum atomic E-state index is -0.255. The molecular formula is C31H27NO2. The zero-order valence-electron chi connectivity index (χ0n) is 19.1. The van der Waals surface area contributed by atoms with Crippen molar-refractivity contribution in [3.05, 3.63) is 108 Å². The lowest BCUT2D eigenvalue weighted by molar-refractivity contribution is -0.146. The van der Waals surface area contributed by atoms with E-state index in [2.05, 4.69) is 83.4 Å². The molecule has 0 saturated heterocycles. The number of benzene rings is 3. The molecule has 2 aliphatic rings. The van der Waals surface area contributed by atoms with E-state index in [-0.39, 0.29) is 12.1 Å². The Bertz CT molecular complexity index is 1380. The van der Waals surface area contributed by atoms with Crippen molar-refractivity contribution < 1.29 is 9.53 Å². The molecular weight excluding hydrogens is 418 g/mol. The van der Waals surface area contributed by atoms with Crippen molar-refractivity contribution in [2.45, 2.75) is 38.2 Å². The molecule has 0 spiro atoms. The number of aryl methyl sites for hydroxylation is 1. The fourth-order valence-corrected chi connectivity index (χ4v) is 5.02. The van der Waals surface area contributed by atoms with Crippen LogP contribution in [0.1, 0.15) is 36.1 Å². The summed E-state index contributed by atoms with van der Waals surface area (Å²) in [4.78, 5) is 12.2. The van der Waals surface area contributed by atoms with Gasteiger partial charge in [-0.2, -0.15) is 0 Å². The van der Waals surface area contributed by atoms with Crippen molar-refractivity contribution in [2.75, 3.05) is 0 Å². The van der Waals surface area contributed by atoms with E-state index >= 15 is 0 Å². The van der Waals surface area contributed by atoms with Gasteiger partial charge in [0, 0.05) is 23.0 Å². The monoisotopic (exact) mass is 445 g/mol. The number of esters is 1. The second kappa shape index (κ2) is 8.83. The zero-order chi connectivity index (χ0) is 22.9. The van der Waals surface area contributed by atoms with Gasteiger partial charge < -0.3 is 9.30 Å². The Labute approximate surface area is 200 Å². The number of carbonyl (C=O) groups is 1. The van der Waals surface area contributed by atoms with Gasteiger partial charge in [-0.25, -0.2) is 4.79 Å². The van der Waals surface area contributed by atoms with Crippen LogP contribution in [0.5, 0.6) is 0 Å². The fourth-order valence-electron chi connectivity index (χ4n) is 5.02. The third kappa shape index (κ3) is 3.88. The minimum Gasteiger partial charge on any atom is -0.459 e. The van der Waals surface area contributed by atoms with Crippen LogP contribution in [-0.2, 0) is 22.4 Å². The second-order valence-electron chi connectivity index (χ2n) is 9.17. The number of carbonyl (C=O) groups excluding carboxylic acids is 1. The summed E-state index contributed by atoms with van der Waals surface area (Å²) in [6.07, 6.45) is 8.67. The summed E-state index contributed by atoms with van der Waals surface area (Å²) >= 11 is 0. The number of ether oxygens (including phenoxy) is 1. The minimum absolute atomic E-state index is 0.103. The molecule has 3 nitrogen and oxygen atoms in total. The number of rotatable bonds is 5. The normalized spacial score (nSPS) is 14.9. The predicted molar refractivity (Wildman–Crippen MR) is 137 cm³/mol. The van der Waals surface area contributed by atoms with Crippen molar-refractivity contribution in [3.63, 3.8) is 0 Å². The van der Waals surface area contributed by atoms with Crippen molar-refractivity contribution in [1.29, 1.82) is 0 Å². The number of nitrogens with zero attached hydrogens (tertiary/aromatic N) is 1. The Hall–Kier alpha value is -3.85. The van der Waals surface area contributed by atoms with E-state index in [1.54, 1.807) is 6.08 Å². The van der Waals surface area contributed by atoms with Gasteiger partial charge in [-0.1, -0.05) is 66.7 Å². The van der Waals surface area contributed by atoms with Crippen LogP contribution >= 0.6 is 0 Å². The molecule has 0 aliphatic heterocycles. The molecule has 4 aromatic rings. The van der Waals surface area contributed by atoms with Crippen molar-refractivity contribution >= 4 is 12.0 Å². The summed E-state index contributed by atoms with van der Waals surface area (Å²) in [5.41, 5.74) is 9.86. The van der Waals surface area contributed by atoms with Gasteiger partial charge in [-0.3, -0.25) is 0 Å². The first-order valence-corrected chi connectivity index (χ1v) is 12.1. The highest BCUT2D eigenvalue weighted by Gasteiger charge is 2.24. The average Bonchev–Trinajstić information content (AvgIpc) is 3.26. The van der Waals surface area contributed by atoms with Crippen molar-refractivity contribution in [2.24, 2.45) is 0 Å². The Morgan fingerprint density at radius 2 is 1.68 bits per heavy atom. The van der Waals surface area contributed by atoms with Gasteiger partial charge in [0.2, 0.25) is 0 Å². The van der Waals surface area contributed by atoms with Gasteiger partial charge in [-0.05, 0) is 78.6 Å². The third-order valence-electron chi connectivity index (χ3n) is 6.99. The standard InChI is InChI=1S/C31H27NO2/c33-31(34-26-13-7-14-26)19-16-22-8-6-12-25(20-22)32-29-18-17-23-9-4-5-15-27(23)28(29)21-30(32)24-10-2-1-3-11-24/h1-6,8-12,15-16,19-21,26H,7,13-14,17-18H2/b19-16+. The lowest BCUT2D eigenvalue weighted by Crippen LogP contribution is -2.23. The fraction of sp³-hybridized carbons (Fsp3) is 0.194. The molecule has 34 heavy (non-hydrogen) atoms. The highest BCUT2D eigenvalue weighted by Crippen LogP contribution is 2.40. The molecule has 0 unspecified atom stereocenters. The van der Waals surface area contributed by atoms with Crippen LogP contribution < -0.4 is 0 Å². The van der Waals surface area contributed by atoms with Crippen LogP contribution in [0.3, 0.4) is 0 Å². The topological polar surface area (TPSA) is 31.2 Å². The van der Waals surface area contributed by atoms with E-state index in [1.807, 2.05) is 12.1 Å². The van der Waals surface area contributed by atoms with Crippen LogP contribution in [0.25, 0.3) is 34.1 Å². The number of hydrogen-bond acceptors (Lipinski definition) is 2. The van der Waals surface area contributed by atoms with Gasteiger partial charge in [0.1, 0.15) is 6.10 Å². The summed E-state index contributed by atoms with van der Waals surface area (Å²) in [6, 6.07) is 30.0. The maximum atomic E-state index is 12.2. The molecule has 0 atom stereocenters. The Morgan fingerprint density at radius 1 is 0.853 bits per heavy atom. The summed E-state index contributed by atoms with van der Waals surface area (Å²) in [6.45, 7) is 0. The lowest BCUT2D eigenvalue weighted by Gasteiger charge is -2.24. The van der Waals surface area contributed by atoms with Crippen LogP contribution in [0, 0.1) is 0 Å². The molecule has 1 aromatic heterocycles. The molecule has 0 N–H and O–H groups in total. The average molecular weight is 446 g/mol. The zero-order valence-corrected chi connectivity index (χ0v) is 19.1. The van der Waals surface area contributed by atoms with E-state index in [0.29, 0.717) is 0 Å². The van der Waals surface area contributed by atoms with Crippen molar-refractivity contribution in [3.8, 4) is 28.1 Å². The third-order valence-corrected chi connectivity index (χ3v) is 6.99. The highest BCUT2D eigenvalue weighted by molar-refractivity contribution is 5.87. The Balaban J connectivity index is 1.42. The number of fused-ring (bicyclic) bond motifs is 3.